The second-order valence-corrected chi connectivity index (χ2v) is 10.9. The van der Waals surface area contributed by atoms with Gasteiger partial charge >= 0.3 is 0 Å². The van der Waals surface area contributed by atoms with Crippen molar-refractivity contribution < 1.29 is 36.2 Å². The van der Waals surface area contributed by atoms with Gasteiger partial charge in [-0.15, -0.1) is 0 Å². The van der Waals surface area contributed by atoms with E-state index < -0.39 is 43.8 Å². The van der Waals surface area contributed by atoms with Gasteiger partial charge in [0.1, 0.15) is 0 Å². The Hall–Kier alpha value is -1.64. The van der Waals surface area contributed by atoms with Crippen LogP contribution in [-0.4, -0.2) is 59.7 Å². The van der Waals surface area contributed by atoms with Crippen LogP contribution in [0, 0.1) is 0 Å². The molecule has 2 aromatic carbocycles. The lowest BCUT2D eigenvalue weighted by Crippen LogP contribution is -2.31. The Kier molecular flexibility index (Phi) is 10.6. The molecule has 2 atom stereocenters. The fourth-order valence-corrected chi connectivity index (χ4v) is 4.58. The topological polar surface area (TPSA) is 201 Å². The smallest absolute Gasteiger partial charge is 0.266 e. The molecule has 0 aliphatic rings. The summed E-state index contributed by atoms with van der Waals surface area (Å²) in [5, 5.41) is 19.2. The quantitative estimate of drug-likeness (QED) is 0.215. The Labute approximate surface area is 196 Å². The van der Waals surface area contributed by atoms with Gasteiger partial charge in [-0.1, -0.05) is 29.3 Å². The third-order valence-corrected chi connectivity index (χ3v) is 5.94. The van der Waals surface area contributed by atoms with Crippen LogP contribution in [0.3, 0.4) is 0 Å². The van der Waals surface area contributed by atoms with E-state index in [1.807, 2.05) is 0 Å². The third kappa shape index (κ3) is 12.4. The van der Waals surface area contributed by atoms with Gasteiger partial charge in [0, 0.05) is 22.1 Å². The predicted octanol–water partition coefficient (Wildman–Crippen LogP) is 1.61. The van der Waals surface area contributed by atoms with Crippen LogP contribution in [0.1, 0.15) is 11.1 Å². The first-order valence-electron chi connectivity index (χ1n) is 8.91. The van der Waals surface area contributed by atoms with Crippen LogP contribution >= 0.6 is 23.2 Å². The lowest BCUT2D eigenvalue weighted by Gasteiger charge is -2.10. The van der Waals surface area contributed by atoms with Gasteiger partial charge in [-0.25, -0.2) is 0 Å². The van der Waals surface area contributed by atoms with E-state index in [2.05, 4.69) is 0 Å². The minimum absolute atomic E-state index is 0.174. The van der Waals surface area contributed by atoms with E-state index in [0.29, 0.717) is 15.6 Å². The van der Waals surface area contributed by atoms with Crippen LogP contribution in [0.4, 0.5) is 0 Å². The SMILES string of the molecule is N[C@@H](Cc1cc(Cl)cc(Cl)c1)CS(=O)(=O)O.N[C@@H](Cc1ccc(O)c(O)c1)CS(=O)(=O)O. The van der Waals surface area contributed by atoms with Gasteiger partial charge in [0.05, 0.1) is 11.5 Å². The molecule has 0 aliphatic carbocycles. The molecule has 2 aromatic rings. The average molecular weight is 531 g/mol. The summed E-state index contributed by atoms with van der Waals surface area (Å²) in [6.45, 7) is 0. The van der Waals surface area contributed by atoms with Crippen molar-refractivity contribution in [3.8, 4) is 11.5 Å². The molecule has 32 heavy (non-hydrogen) atoms. The lowest BCUT2D eigenvalue weighted by atomic mass is 10.1. The second kappa shape index (κ2) is 12.0. The molecule has 0 bridgehead atoms. The van der Waals surface area contributed by atoms with Crippen molar-refractivity contribution in [2.75, 3.05) is 11.5 Å². The third-order valence-electron chi connectivity index (χ3n) is 3.81. The number of hydrogen-bond donors (Lipinski definition) is 6. The number of benzene rings is 2. The summed E-state index contributed by atoms with van der Waals surface area (Å²) < 4.78 is 59.4. The molecular formula is C18H24Cl2N2O8S2. The number of hydrogen-bond acceptors (Lipinski definition) is 8. The monoisotopic (exact) mass is 530 g/mol. The summed E-state index contributed by atoms with van der Waals surface area (Å²) in [4.78, 5) is 0. The summed E-state index contributed by atoms with van der Waals surface area (Å²) in [6, 6.07) is 7.50. The largest absolute Gasteiger partial charge is 0.504 e. The first-order valence-corrected chi connectivity index (χ1v) is 12.9. The summed E-state index contributed by atoms with van der Waals surface area (Å²) in [5.41, 5.74) is 12.4. The van der Waals surface area contributed by atoms with Gasteiger partial charge < -0.3 is 21.7 Å². The normalized spacial score (nSPS) is 13.7. The molecule has 0 radical (unpaired) electrons. The maximum absolute atomic E-state index is 10.6. The summed E-state index contributed by atoms with van der Waals surface area (Å²) in [5.74, 6) is -1.59. The molecule has 0 saturated carbocycles. The molecule has 2 rings (SSSR count). The predicted molar refractivity (Wildman–Crippen MR) is 122 cm³/mol. The van der Waals surface area contributed by atoms with Gasteiger partial charge in [-0.3, -0.25) is 9.11 Å². The maximum atomic E-state index is 10.6. The Balaban J connectivity index is 0.000000320. The standard InChI is InChI=1S/C9H11Cl2NO3S.C9H13NO5S/c10-7-1-6(2-8(11)4-7)3-9(12)5-16(13,14)15;10-7(5-16(13,14)15)3-6-1-2-8(11)9(12)4-6/h1-2,4,9H,3,5,12H2,(H,13,14,15);1-2,4,7,11-12H,3,5,10H2,(H,13,14,15)/t9-;7-/m00/s1. The highest BCUT2D eigenvalue weighted by molar-refractivity contribution is 7.86. The number of phenolic OH excluding ortho intramolecular Hbond substituents is 2. The van der Waals surface area contributed by atoms with Crippen molar-refractivity contribution in [2.45, 2.75) is 24.9 Å². The molecule has 180 valence electrons. The van der Waals surface area contributed by atoms with Crippen LogP contribution in [0.5, 0.6) is 11.5 Å². The second-order valence-electron chi connectivity index (χ2n) is 7.03. The van der Waals surface area contributed by atoms with Crippen LogP contribution in [0.25, 0.3) is 0 Å². The van der Waals surface area contributed by atoms with Gasteiger partial charge in [-0.05, 0) is 54.3 Å². The molecule has 10 nitrogen and oxygen atoms in total. The van der Waals surface area contributed by atoms with E-state index in [9.17, 15) is 21.9 Å². The minimum atomic E-state index is -4.10. The highest BCUT2D eigenvalue weighted by atomic mass is 35.5. The lowest BCUT2D eigenvalue weighted by molar-refractivity contribution is 0.403. The minimum Gasteiger partial charge on any atom is -0.504 e. The highest BCUT2D eigenvalue weighted by Gasteiger charge is 2.15. The van der Waals surface area contributed by atoms with Crippen molar-refractivity contribution in [3.63, 3.8) is 0 Å². The summed E-state index contributed by atoms with van der Waals surface area (Å²) in [6.07, 6.45) is 0.452. The van der Waals surface area contributed by atoms with Crippen LogP contribution in [0.2, 0.25) is 10.0 Å². The number of halogens is 2. The summed E-state index contributed by atoms with van der Waals surface area (Å²) >= 11 is 11.5. The van der Waals surface area contributed by atoms with Crippen molar-refractivity contribution in [3.05, 3.63) is 57.6 Å². The Morgan fingerprint density at radius 2 is 1.16 bits per heavy atom. The number of rotatable bonds is 8. The molecule has 0 aromatic heterocycles. The van der Waals surface area contributed by atoms with E-state index in [1.165, 1.54) is 18.2 Å². The van der Waals surface area contributed by atoms with Crippen molar-refractivity contribution in [1.82, 2.24) is 0 Å². The number of aromatic hydroxyl groups is 2. The zero-order valence-corrected chi connectivity index (χ0v) is 19.7. The molecule has 0 unspecified atom stereocenters. The van der Waals surface area contributed by atoms with Gasteiger partial charge in [0.15, 0.2) is 11.5 Å². The Morgan fingerprint density at radius 1 is 0.719 bits per heavy atom. The number of phenols is 2. The zero-order chi connectivity index (χ0) is 24.7. The van der Waals surface area contributed by atoms with Crippen molar-refractivity contribution >= 4 is 43.4 Å². The molecule has 0 aliphatic heterocycles. The molecule has 14 heteroatoms. The first-order chi connectivity index (χ1) is 14.5. The zero-order valence-electron chi connectivity index (χ0n) is 16.6. The van der Waals surface area contributed by atoms with E-state index in [0.717, 1.165) is 5.56 Å². The summed E-state index contributed by atoms with van der Waals surface area (Å²) in [7, 11) is -8.15. The van der Waals surface area contributed by atoms with Crippen LogP contribution in [-0.2, 0) is 33.1 Å². The Morgan fingerprint density at radius 3 is 1.56 bits per heavy atom. The van der Waals surface area contributed by atoms with E-state index in [4.69, 9.17) is 48.9 Å². The van der Waals surface area contributed by atoms with E-state index in [1.54, 1.807) is 18.2 Å². The van der Waals surface area contributed by atoms with Crippen molar-refractivity contribution in [1.29, 1.82) is 0 Å². The molecule has 0 amide bonds. The van der Waals surface area contributed by atoms with Gasteiger partial charge in [-0.2, -0.15) is 16.8 Å². The highest BCUT2D eigenvalue weighted by Crippen LogP contribution is 2.25. The molecule has 8 N–H and O–H groups in total. The number of nitrogens with two attached hydrogens (primary N) is 2. The average Bonchev–Trinajstić information content (AvgIpc) is 2.54. The van der Waals surface area contributed by atoms with E-state index in [-0.39, 0.29) is 24.3 Å². The maximum Gasteiger partial charge on any atom is 0.266 e. The fourth-order valence-electron chi connectivity index (χ4n) is 2.69. The van der Waals surface area contributed by atoms with Crippen molar-refractivity contribution in [2.24, 2.45) is 11.5 Å². The Bertz CT molecular complexity index is 1110. The van der Waals surface area contributed by atoms with E-state index >= 15 is 0 Å². The van der Waals surface area contributed by atoms with Gasteiger partial charge in [0.25, 0.3) is 20.2 Å². The first kappa shape index (κ1) is 28.4. The molecule has 0 spiro atoms. The van der Waals surface area contributed by atoms with Gasteiger partial charge in [0.2, 0.25) is 0 Å². The molecular weight excluding hydrogens is 507 g/mol. The van der Waals surface area contributed by atoms with Crippen LogP contribution < -0.4 is 11.5 Å². The molecule has 0 heterocycles. The van der Waals surface area contributed by atoms with Crippen LogP contribution in [0.15, 0.2) is 36.4 Å². The molecule has 0 fully saturated rings. The molecule has 0 saturated heterocycles. The fraction of sp³-hybridized carbons (Fsp3) is 0.333.